The van der Waals surface area contributed by atoms with Gasteiger partial charge in [-0.3, -0.25) is 4.90 Å². The van der Waals surface area contributed by atoms with E-state index in [0.29, 0.717) is 18.5 Å². The third-order valence-corrected chi connectivity index (χ3v) is 6.84. The standard InChI is InChI=1S/C22H37N7OS/c1-5-30-13-8-11-23-22(25-16-20-27-26-17(2)29(20)4)24-15-18-9-6-12-28(3)21(18)19-10-7-14-31-19/h7,10,14,18,21H,5-6,8-9,11-13,15-16H2,1-4H3,(H2,23,24,25). The molecule has 2 aromatic rings. The summed E-state index contributed by atoms with van der Waals surface area (Å²) in [6.07, 6.45) is 3.40. The Morgan fingerprint density at radius 2 is 2.19 bits per heavy atom. The Morgan fingerprint density at radius 1 is 1.32 bits per heavy atom. The smallest absolute Gasteiger partial charge is 0.191 e. The van der Waals surface area contributed by atoms with Crippen molar-refractivity contribution >= 4 is 17.3 Å². The molecule has 0 aromatic carbocycles. The van der Waals surface area contributed by atoms with Crippen molar-refractivity contribution in [2.24, 2.45) is 18.0 Å². The maximum Gasteiger partial charge on any atom is 0.191 e. The summed E-state index contributed by atoms with van der Waals surface area (Å²) in [4.78, 5) is 8.74. The van der Waals surface area contributed by atoms with Crippen LogP contribution in [0.3, 0.4) is 0 Å². The maximum absolute atomic E-state index is 5.46. The molecule has 0 bridgehead atoms. The zero-order valence-electron chi connectivity index (χ0n) is 19.3. The van der Waals surface area contributed by atoms with Gasteiger partial charge in [-0.05, 0) is 64.1 Å². The topological polar surface area (TPSA) is 79.6 Å². The molecule has 2 atom stereocenters. The first-order valence-corrected chi connectivity index (χ1v) is 12.2. The number of ether oxygens (including phenoxy) is 1. The van der Waals surface area contributed by atoms with Crippen molar-refractivity contribution in [3.63, 3.8) is 0 Å². The lowest BCUT2D eigenvalue weighted by molar-refractivity contribution is 0.125. The summed E-state index contributed by atoms with van der Waals surface area (Å²) in [7, 11) is 4.22. The Hall–Kier alpha value is -1.97. The highest BCUT2D eigenvalue weighted by molar-refractivity contribution is 7.10. The van der Waals surface area contributed by atoms with Crippen LogP contribution in [-0.2, 0) is 18.3 Å². The van der Waals surface area contributed by atoms with Gasteiger partial charge in [0.1, 0.15) is 12.4 Å². The lowest BCUT2D eigenvalue weighted by atomic mass is 9.88. The highest BCUT2D eigenvalue weighted by atomic mass is 32.1. The van der Waals surface area contributed by atoms with Crippen LogP contribution in [0.5, 0.6) is 0 Å². The summed E-state index contributed by atoms with van der Waals surface area (Å²) < 4.78 is 7.44. The average Bonchev–Trinajstić information content (AvgIpc) is 3.40. The number of hydrogen-bond donors (Lipinski definition) is 2. The van der Waals surface area contributed by atoms with E-state index in [4.69, 9.17) is 9.73 Å². The molecular formula is C22H37N7OS. The Bertz CT molecular complexity index is 805. The summed E-state index contributed by atoms with van der Waals surface area (Å²) in [6.45, 7) is 8.85. The van der Waals surface area contributed by atoms with Crippen molar-refractivity contribution in [2.45, 2.75) is 45.7 Å². The van der Waals surface area contributed by atoms with Gasteiger partial charge < -0.3 is 19.9 Å². The molecule has 0 saturated carbocycles. The van der Waals surface area contributed by atoms with E-state index in [2.05, 4.69) is 50.3 Å². The molecule has 2 N–H and O–H groups in total. The third kappa shape index (κ3) is 6.75. The molecule has 0 spiro atoms. The first kappa shape index (κ1) is 23.7. The number of aryl methyl sites for hydroxylation is 1. The van der Waals surface area contributed by atoms with Gasteiger partial charge >= 0.3 is 0 Å². The minimum Gasteiger partial charge on any atom is -0.382 e. The molecular weight excluding hydrogens is 410 g/mol. The first-order valence-electron chi connectivity index (χ1n) is 11.3. The Morgan fingerprint density at radius 3 is 2.90 bits per heavy atom. The predicted octanol–water partition coefficient (Wildman–Crippen LogP) is 2.73. The predicted molar refractivity (Wildman–Crippen MR) is 126 cm³/mol. The summed E-state index contributed by atoms with van der Waals surface area (Å²) in [5.41, 5.74) is 0. The van der Waals surface area contributed by atoms with E-state index in [1.807, 2.05) is 36.8 Å². The van der Waals surface area contributed by atoms with Gasteiger partial charge in [0.2, 0.25) is 0 Å². The number of aromatic nitrogens is 3. The molecule has 3 rings (SSSR count). The van der Waals surface area contributed by atoms with Crippen molar-refractivity contribution in [1.29, 1.82) is 0 Å². The highest BCUT2D eigenvalue weighted by Gasteiger charge is 2.31. The van der Waals surface area contributed by atoms with E-state index in [0.717, 1.165) is 56.9 Å². The quantitative estimate of drug-likeness (QED) is 0.331. The van der Waals surface area contributed by atoms with Gasteiger partial charge in [0.15, 0.2) is 11.8 Å². The second-order valence-corrected chi connectivity index (χ2v) is 9.07. The summed E-state index contributed by atoms with van der Waals surface area (Å²) in [5, 5.41) is 17.6. The zero-order chi connectivity index (χ0) is 22.1. The average molecular weight is 448 g/mol. The van der Waals surface area contributed by atoms with Crippen LogP contribution in [0.15, 0.2) is 22.5 Å². The molecule has 1 aliphatic heterocycles. The van der Waals surface area contributed by atoms with E-state index in [-0.39, 0.29) is 0 Å². The normalized spacial score (nSPS) is 20.2. The van der Waals surface area contributed by atoms with E-state index in [1.54, 1.807) is 0 Å². The number of likely N-dealkylation sites (tertiary alicyclic amines) is 1. The van der Waals surface area contributed by atoms with Gasteiger partial charge in [-0.25, -0.2) is 4.99 Å². The van der Waals surface area contributed by atoms with Gasteiger partial charge in [0.25, 0.3) is 0 Å². The molecule has 0 radical (unpaired) electrons. The highest BCUT2D eigenvalue weighted by Crippen LogP contribution is 2.36. The Kier molecular flexibility index (Phi) is 9.30. The number of hydrogen-bond acceptors (Lipinski definition) is 6. The molecule has 1 saturated heterocycles. The third-order valence-electron chi connectivity index (χ3n) is 5.90. The molecule has 3 heterocycles. The first-order chi connectivity index (χ1) is 15.1. The lowest BCUT2D eigenvalue weighted by Gasteiger charge is -2.39. The van der Waals surface area contributed by atoms with Crippen LogP contribution in [0.4, 0.5) is 0 Å². The van der Waals surface area contributed by atoms with Crippen LogP contribution in [0.1, 0.15) is 48.8 Å². The minimum atomic E-state index is 0.460. The van der Waals surface area contributed by atoms with Crippen molar-refractivity contribution in [3.05, 3.63) is 34.0 Å². The maximum atomic E-state index is 5.46. The molecule has 31 heavy (non-hydrogen) atoms. The second kappa shape index (κ2) is 12.2. The van der Waals surface area contributed by atoms with Gasteiger partial charge in [0, 0.05) is 44.3 Å². The van der Waals surface area contributed by atoms with Gasteiger partial charge in [-0.1, -0.05) is 6.07 Å². The van der Waals surface area contributed by atoms with E-state index in [9.17, 15) is 0 Å². The van der Waals surface area contributed by atoms with Crippen LogP contribution >= 0.6 is 11.3 Å². The number of guanidine groups is 1. The van der Waals surface area contributed by atoms with Crippen molar-refractivity contribution in [1.82, 2.24) is 30.3 Å². The Labute approximate surface area is 190 Å². The second-order valence-electron chi connectivity index (χ2n) is 8.09. The number of rotatable bonds is 10. The van der Waals surface area contributed by atoms with Crippen LogP contribution in [0.25, 0.3) is 0 Å². The molecule has 172 valence electrons. The molecule has 1 fully saturated rings. The fourth-order valence-electron chi connectivity index (χ4n) is 4.05. The van der Waals surface area contributed by atoms with E-state index >= 15 is 0 Å². The fourth-order valence-corrected chi connectivity index (χ4v) is 5.03. The Balaban J connectivity index is 1.63. The number of nitrogens with zero attached hydrogens (tertiary/aromatic N) is 5. The molecule has 8 nitrogen and oxygen atoms in total. The molecule has 0 aliphatic carbocycles. The molecule has 2 aromatic heterocycles. The van der Waals surface area contributed by atoms with Crippen molar-refractivity contribution in [2.75, 3.05) is 39.9 Å². The molecule has 9 heteroatoms. The van der Waals surface area contributed by atoms with Crippen molar-refractivity contribution < 1.29 is 4.74 Å². The van der Waals surface area contributed by atoms with Gasteiger partial charge in [0.05, 0.1) is 0 Å². The van der Waals surface area contributed by atoms with Crippen LogP contribution in [0.2, 0.25) is 0 Å². The fraction of sp³-hybridized carbons (Fsp3) is 0.682. The number of aliphatic imine (C=N–C) groups is 1. The SMILES string of the molecule is CCOCCCNC(=NCc1nnc(C)n1C)NCC1CCCN(C)C1c1cccs1. The van der Waals surface area contributed by atoms with Crippen LogP contribution in [0, 0.1) is 12.8 Å². The van der Waals surface area contributed by atoms with Crippen LogP contribution < -0.4 is 10.6 Å². The van der Waals surface area contributed by atoms with E-state index in [1.165, 1.54) is 17.7 Å². The van der Waals surface area contributed by atoms with E-state index < -0.39 is 0 Å². The monoisotopic (exact) mass is 447 g/mol. The van der Waals surface area contributed by atoms with Crippen LogP contribution in [-0.4, -0.2) is 65.5 Å². The largest absolute Gasteiger partial charge is 0.382 e. The number of thiophene rings is 1. The summed E-state index contributed by atoms with van der Waals surface area (Å²) in [5.74, 6) is 3.13. The summed E-state index contributed by atoms with van der Waals surface area (Å²) in [6, 6.07) is 4.88. The lowest BCUT2D eigenvalue weighted by Crippen LogP contribution is -2.45. The minimum absolute atomic E-state index is 0.460. The number of piperidine rings is 1. The van der Waals surface area contributed by atoms with Gasteiger partial charge in [-0.15, -0.1) is 21.5 Å². The molecule has 1 aliphatic rings. The molecule has 2 unspecified atom stereocenters. The molecule has 0 amide bonds. The summed E-state index contributed by atoms with van der Waals surface area (Å²) >= 11 is 1.86. The van der Waals surface area contributed by atoms with Crippen molar-refractivity contribution in [3.8, 4) is 0 Å². The zero-order valence-corrected chi connectivity index (χ0v) is 20.1. The van der Waals surface area contributed by atoms with Gasteiger partial charge in [-0.2, -0.15) is 0 Å². The number of nitrogens with one attached hydrogen (secondary N) is 2.